The molecular weight excluding hydrogens is 292 g/mol. The zero-order valence-electron chi connectivity index (χ0n) is 15.7. The van der Waals surface area contributed by atoms with Gasteiger partial charge in [0.05, 0.1) is 5.60 Å². The summed E-state index contributed by atoms with van der Waals surface area (Å²) in [6.07, 6.45) is 8.05. The first-order chi connectivity index (χ1) is 10.5. The maximum Gasteiger partial charge on any atom is 0.335 e. The molecule has 0 aromatic heterocycles. The third-order valence-corrected chi connectivity index (χ3v) is 7.28. The minimum atomic E-state index is -2.10. The Morgan fingerprint density at radius 2 is 1.55 bits per heavy atom. The van der Waals surface area contributed by atoms with Crippen LogP contribution in [0.4, 0.5) is 0 Å². The summed E-state index contributed by atoms with van der Waals surface area (Å²) in [5.74, 6) is 0. The van der Waals surface area contributed by atoms with Gasteiger partial charge in [-0.2, -0.15) is 0 Å². The molecule has 0 amide bonds. The van der Waals surface area contributed by atoms with Crippen LogP contribution in [0.1, 0.15) is 65.7 Å². The molecular formula is C17H40N2O2Si. The van der Waals surface area contributed by atoms with E-state index in [9.17, 15) is 0 Å². The Labute approximate surface area is 139 Å². The quantitative estimate of drug-likeness (QED) is 0.354. The molecule has 0 rings (SSSR count). The standard InChI is InChI=1S/C17H40N2O2Si/c1-6-10-17(11-7-2,12-8-3)21-22(5,20-4)16-9-14-19-15-13-18/h19H,6-16,18H2,1-5H3. The van der Waals surface area contributed by atoms with Gasteiger partial charge in [0.15, 0.2) is 0 Å². The maximum absolute atomic E-state index is 6.77. The van der Waals surface area contributed by atoms with Gasteiger partial charge >= 0.3 is 8.56 Å². The van der Waals surface area contributed by atoms with Crippen molar-refractivity contribution in [2.45, 2.75) is 83.9 Å². The van der Waals surface area contributed by atoms with Crippen molar-refractivity contribution in [1.82, 2.24) is 5.32 Å². The van der Waals surface area contributed by atoms with Crippen molar-refractivity contribution in [3.05, 3.63) is 0 Å². The SMILES string of the molecule is CCCC(CCC)(CCC)O[Si](C)(CCCNCCN)OC. The Bertz CT molecular complexity index is 250. The van der Waals surface area contributed by atoms with E-state index in [1.165, 1.54) is 19.3 Å². The molecule has 0 heterocycles. The van der Waals surface area contributed by atoms with Gasteiger partial charge in [0.25, 0.3) is 0 Å². The molecule has 1 unspecified atom stereocenters. The van der Waals surface area contributed by atoms with Crippen LogP contribution in [0.2, 0.25) is 12.6 Å². The molecule has 134 valence electrons. The van der Waals surface area contributed by atoms with Crippen LogP contribution >= 0.6 is 0 Å². The fraction of sp³-hybridized carbons (Fsp3) is 1.00. The zero-order valence-corrected chi connectivity index (χ0v) is 16.7. The second-order valence-electron chi connectivity index (χ2n) is 6.52. The van der Waals surface area contributed by atoms with Crippen molar-refractivity contribution < 1.29 is 8.85 Å². The fourth-order valence-corrected chi connectivity index (χ4v) is 5.74. The third-order valence-electron chi connectivity index (χ3n) is 4.29. The maximum atomic E-state index is 6.77. The van der Waals surface area contributed by atoms with Gasteiger partial charge in [0, 0.05) is 20.2 Å². The number of hydrogen-bond acceptors (Lipinski definition) is 4. The lowest BCUT2D eigenvalue weighted by molar-refractivity contribution is 0.00305. The van der Waals surface area contributed by atoms with Crippen LogP contribution in [-0.2, 0) is 8.85 Å². The van der Waals surface area contributed by atoms with E-state index in [2.05, 4.69) is 32.6 Å². The van der Waals surface area contributed by atoms with Crippen molar-refractivity contribution in [2.75, 3.05) is 26.7 Å². The highest BCUT2D eigenvalue weighted by molar-refractivity contribution is 6.66. The van der Waals surface area contributed by atoms with E-state index in [4.69, 9.17) is 14.6 Å². The Kier molecular flexibility index (Phi) is 12.5. The zero-order chi connectivity index (χ0) is 16.9. The van der Waals surface area contributed by atoms with Gasteiger partial charge in [-0.15, -0.1) is 0 Å². The molecule has 0 fully saturated rings. The Hall–Kier alpha value is 0.0569. The summed E-state index contributed by atoms with van der Waals surface area (Å²) < 4.78 is 12.7. The summed E-state index contributed by atoms with van der Waals surface area (Å²) in [4.78, 5) is 0. The number of rotatable bonds is 15. The number of hydrogen-bond donors (Lipinski definition) is 2. The normalized spacial score (nSPS) is 15.0. The van der Waals surface area contributed by atoms with Gasteiger partial charge < -0.3 is 19.9 Å². The fourth-order valence-electron chi connectivity index (χ4n) is 3.31. The van der Waals surface area contributed by atoms with Gasteiger partial charge in [-0.25, -0.2) is 0 Å². The van der Waals surface area contributed by atoms with Crippen molar-refractivity contribution in [3.63, 3.8) is 0 Å². The molecule has 0 aliphatic rings. The summed E-state index contributed by atoms with van der Waals surface area (Å²) in [5, 5.41) is 3.36. The highest BCUT2D eigenvalue weighted by Gasteiger charge is 2.40. The van der Waals surface area contributed by atoms with Gasteiger partial charge in [-0.05, 0) is 44.8 Å². The average molecular weight is 333 g/mol. The second-order valence-corrected chi connectivity index (χ2v) is 9.90. The van der Waals surface area contributed by atoms with Crippen molar-refractivity contribution in [3.8, 4) is 0 Å². The van der Waals surface area contributed by atoms with Crippen molar-refractivity contribution in [1.29, 1.82) is 0 Å². The number of nitrogens with one attached hydrogen (secondary N) is 1. The van der Waals surface area contributed by atoms with Gasteiger partial charge in [0.1, 0.15) is 0 Å². The lowest BCUT2D eigenvalue weighted by atomic mass is 9.88. The topological polar surface area (TPSA) is 56.5 Å². The monoisotopic (exact) mass is 332 g/mol. The van der Waals surface area contributed by atoms with Crippen LogP contribution in [0, 0.1) is 0 Å². The molecule has 0 radical (unpaired) electrons. The average Bonchev–Trinajstić information content (AvgIpc) is 2.48. The first-order valence-corrected chi connectivity index (χ1v) is 11.7. The van der Waals surface area contributed by atoms with Crippen molar-refractivity contribution >= 4 is 8.56 Å². The van der Waals surface area contributed by atoms with E-state index in [-0.39, 0.29) is 5.60 Å². The molecule has 22 heavy (non-hydrogen) atoms. The summed E-state index contributed by atoms with van der Waals surface area (Å²) in [6, 6.07) is 1.04. The summed E-state index contributed by atoms with van der Waals surface area (Å²) in [7, 11) is -0.274. The van der Waals surface area contributed by atoms with Gasteiger partial charge in [0.2, 0.25) is 0 Å². The van der Waals surface area contributed by atoms with E-state index in [0.717, 1.165) is 44.8 Å². The van der Waals surface area contributed by atoms with Crippen LogP contribution in [-0.4, -0.2) is 40.9 Å². The van der Waals surface area contributed by atoms with Crippen LogP contribution in [0.3, 0.4) is 0 Å². The first kappa shape index (κ1) is 22.1. The minimum absolute atomic E-state index is 0.0277. The predicted octanol–water partition coefficient (Wildman–Crippen LogP) is 3.80. The molecule has 3 N–H and O–H groups in total. The number of nitrogens with two attached hydrogens (primary N) is 1. The summed E-state index contributed by atoms with van der Waals surface area (Å²) in [5.41, 5.74) is 5.53. The molecule has 4 nitrogen and oxygen atoms in total. The van der Waals surface area contributed by atoms with Crippen LogP contribution in [0.5, 0.6) is 0 Å². The van der Waals surface area contributed by atoms with E-state index in [0.29, 0.717) is 6.54 Å². The van der Waals surface area contributed by atoms with Gasteiger partial charge in [-0.1, -0.05) is 40.0 Å². The molecule has 0 aromatic carbocycles. The lowest BCUT2D eigenvalue weighted by Crippen LogP contribution is -2.48. The Morgan fingerprint density at radius 3 is 1.95 bits per heavy atom. The largest absolute Gasteiger partial charge is 0.398 e. The van der Waals surface area contributed by atoms with E-state index < -0.39 is 8.56 Å². The second kappa shape index (κ2) is 12.5. The van der Waals surface area contributed by atoms with Crippen LogP contribution < -0.4 is 11.1 Å². The molecule has 0 saturated carbocycles. The first-order valence-electron chi connectivity index (χ1n) is 9.17. The molecule has 0 aliphatic carbocycles. The predicted molar refractivity (Wildman–Crippen MR) is 98.5 cm³/mol. The molecule has 0 spiro atoms. The Morgan fingerprint density at radius 1 is 1.00 bits per heavy atom. The highest BCUT2D eigenvalue weighted by atomic mass is 28.4. The Balaban J connectivity index is 4.69. The summed E-state index contributed by atoms with van der Waals surface area (Å²) >= 11 is 0. The molecule has 0 saturated heterocycles. The van der Waals surface area contributed by atoms with E-state index >= 15 is 0 Å². The molecule has 0 aromatic rings. The smallest absolute Gasteiger partial charge is 0.335 e. The van der Waals surface area contributed by atoms with Crippen molar-refractivity contribution in [2.24, 2.45) is 5.73 Å². The summed E-state index contributed by atoms with van der Waals surface area (Å²) in [6.45, 7) is 11.6. The van der Waals surface area contributed by atoms with Crippen LogP contribution in [0.25, 0.3) is 0 Å². The molecule has 0 bridgehead atoms. The van der Waals surface area contributed by atoms with E-state index in [1.54, 1.807) is 0 Å². The van der Waals surface area contributed by atoms with Crippen LogP contribution in [0.15, 0.2) is 0 Å². The van der Waals surface area contributed by atoms with E-state index in [1.807, 2.05) is 7.11 Å². The highest BCUT2D eigenvalue weighted by Crippen LogP contribution is 2.34. The lowest BCUT2D eigenvalue weighted by Gasteiger charge is -2.41. The molecule has 5 heteroatoms. The minimum Gasteiger partial charge on any atom is -0.398 e. The van der Waals surface area contributed by atoms with Gasteiger partial charge in [-0.3, -0.25) is 0 Å². The third kappa shape index (κ3) is 8.63. The molecule has 0 aliphatic heterocycles. The molecule has 1 atom stereocenters.